The summed E-state index contributed by atoms with van der Waals surface area (Å²) < 4.78 is 4.91. The molecule has 1 amide bonds. The molecule has 0 aromatic heterocycles. The molecule has 0 unspecified atom stereocenters. The lowest BCUT2D eigenvalue weighted by Crippen LogP contribution is -2.35. The number of nitrogens with one attached hydrogen (secondary N) is 1. The smallest absolute Gasteiger partial charge is 0.408 e. The van der Waals surface area contributed by atoms with Crippen molar-refractivity contribution in [2.24, 2.45) is 0 Å². The average molecular weight is 129 g/mol. The van der Waals surface area contributed by atoms with E-state index in [1.54, 1.807) is 0 Å². The van der Waals surface area contributed by atoms with E-state index >= 15 is 0 Å². The number of hydrogen-bond acceptors (Lipinski definition) is 2. The summed E-state index contributed by atoms with van der Waals surface area (Å²) >= 11 is 0. The number of carbonyl (C=O) groups is 1. The fourth-order valence-electron chi connectivity index (χ4n) is 0.707. The number of cyclic esters (lactones) is 1. The molecular formula is C6H11NO2. The van der Waals surface area contributed by atoms with Gasteiger partial charge in [0.25, 0.3) is 0 Å². The maximum absolute atomic E-state index is 10.5. The molecule has 1 saturated heterocycles. The second-order valence-electron chi connectivity index (χ2n) is 2.86. The van der Waals surface area contributed by atoms with Gasteiger partial charge in [0.1, 0.15) is 5.60 Å². The van der Waals surface area contributed by atoms with E-state index in [2.05, 4.69) is 5.32 Å². The summed E-state index contributed by atoms with van der Waals surface area (Å²) in [5, 5.41) is 2.65. The van der Waals surface area contributed by atoms with Crippen LogP contribution in [0.25, 0.3) is 0 Å². The molecule has 0 saturated carbocycles. The first kappa shape index (κ1) is 6.39. The Hall–Kier alpha value is -0.730. The Balaban J connectivity index is 2.69. The van der Waals surface area contributed by atoms with Gasteiger partial charge in [-0.2, -0.15) is 0 Å². The number of rotatable bonds is 0. The summed E-state index contributed by atoms with van der Waals surface area (Å²) in [5.41, 5.74) is -0.336. The zero-order valence-corrected chi connectivity index (χ0v) is 5.89. The second-order valence-corrected chi connectivity index (χ2v) is 2.86. The normalized spacial score (nSPS) is 31.4. The van der Waals surface area contributed by atoms with E-state index < -0.39 is 0 Å². The standard InChI is InChI=1S/C6H11NO2/c1-4-6(2,3)9-5(8)7-4/h4H,1-3H3,(H,7,8)/t4-/m0/s1. The van der Waals surface area contributed by atoms with E-state index in [9.17, 15) is 4.79 Å². The third kappa shape index (κ3) is 0.992. The fourth-order valence-corrected chi connectivity index (χ4v) is 0.707. The van der Waals surface area contributed by atoms with Crippen LogP contribution in [0.2, 0.25) is 0 Å². The van der Waals surface area contributed by atoms with Crippen LogP contribution in [0.4, 0.5) is 4.79 Å². The zero-order valence-electron chi connectivity index (χ0n) is 5.89. The molecule has 1 aliphatic heterocycles. The molecular weight excluding hydrogens is 118 g/mol. The Morgan fingerprint density at radius 3 is 2.33 bits per heavy atom. The zero-order chi connectivity index (χ0) is 7.07. The molecule has 0 aromatic carbocycles. The van der Waals surface area contributed by atoms with Crippen LogP contribution in [-0.2, 0) is 4.74 Å². The highest BCUT2D eigenvalue weighted by atomic mass is 16.6. The van der Waals surface area contributed by atoms with Crippen LogP contribution >= 0.6 is 0 Å². The highest BCUT2D eigenvalue weighted by molar-refractivity contribution is 5.70. The molecule has 3 heteroatoms. The van der Waals surface area contributed by atoms with Crippen molar-refractivity contribution in [3.63, 3.8) is 0 Å². The average Bonchev–Trinajstić information content (AvgIpc) is 1.79. The first-order valence-corrected chi connectivity index (χ1v) is 3.02. The lowest BCUT2D eigenvalue weighted by Gasteiger charge is -2.19. The van der Waals surface area contributed by atoms with Crippen LogP contribution in [0.15, 0.2) is 0 Å². The summed E-state index contributed by atoms with van der Waals surface area (Å²) in [7, 11) is 0. The number of carbonyl (C=O) groups excluding carboxylic acids is 1. The molecule has 1 rings (SSSR count). The summed E-state index contributed by atoms with van der Waals surface area (Å²) in [6.45, 7) is 5.69. The molecule has 1 aliphatic rings. The van der Waals surface area contributed by atoms with Gasteiger partial charge in [-0.25, -0.2) is 4.79 Å². The van der Waals surface area contributed by atoms with E-state index in [1.165, 1.54) is 0 Å². The van der Waals surface area contributed by atoms with Crippen molar-refractivity contribution >= 4 is 6.09 Å². The van der Waals surface area contributed by atoms with Crippen molar-refractivity contribution in [2.75, 3.05) is 0 Å². The fraction of sp³-hybridized carbons (Fsp3) is 0.833. The predicted octanol–water partition coefficient (Wildman–Crippen LogP) is 0.893. The lowest BCUT2D eigenvalue weighted by molar-refractivity contribution is 0.0718. The molecule has 52 valence electrons. The van der Waals surface area contributed by atoms with Crippen molar-refractivity contribution in [2.45, 2.75) is 32.4 Å². The monoisotopic (exact) mass is 129 g/mol. The Morgan fingerprint density at radius 2 is 2.22 bits per heavy atom. The quantitative estimate of drug-likeness (QED) is 0.527. The van der Waals surface area contributed by atoms with E-state index in [-0.39, 0.29) is 17.7 Å². The second kappa shape index (κ2) is 1.62. The number of alkyl carbamates (subject to hydrolysis) is 1. The highest BCUT2D eigenvalue weighted by Gasteiger charge is 2.37. The van der Waals surface area contributed by atoms with Gasteiger partial charge in [-0.3, -0.25) is 0 Å². The highest BCUT2D eigenvalue weighted by Crippen LogP contribution is 2.19. The van der Waals surface area contributed by atoms with Crippen molar-refractivity contribution in [1.29, 1.82) is 0 Å². The van der Waals surface area contributed by atoms with Crippen LogP contribution < -0.4 is 5.32 Å². The molecule has 0 bridgehead atoms. The summed E-state index contributed by atoms with van der Waals surface area (Å²) in [5.74, 6) is 0. The minimum absolute atomic E-state index is 0.116. The SMILES string of the molecule is C[C@@H]1NC(=O)OC1(C)C. The van der Waals surface area contributed by atoms with Crippen molar-refractivity contribution in [1.82, 2.24) is 5.32 Å². The first-order chi connectivity index (χ1) is 4.02. The number of ether oxygens (including phenoxy) is 1. The van der Waals surface area contributed by atoms with Gasteiger partial charge in [0, 0.05) is 0 Å². The van der Waals surface area contributed by atoms with Gasteiger partial charge in [0.05, 0.1) is 6.04 Å². The molecule has 0 aromatic rings. The van der Waals surface area contributed by atoms with Gasteiger partial charge in [-0.1, -0.05) is 0 Å². The van der Waals surface area contributed by atoms with Gasteiger partial charge >= 0.3 is 6.09 Å². The third-order valence-electron chi connectivity index (χ3n) is 1.73. The Kier molecular flexibility index (Phi) is 1.15. The van der Waals surface area contributed by atoms with Crippen molar-refractivity contribution in [3.8, 4) is 0 Å². The molecule has 1 N–H and O–H groups in total. The number of amides is 1. The van der Waals surface area contributed by atoms with E-state index in [4.69, 9.17) is 4.74 Å². The lowest BCUT2D eigenvalue weighted by atomic mass is 10.0. The van der Waals surface area contributed by atoms with Crippen molar-refractivity contribution in [3.05, 3.63) is 0 Å². The summed E-state index contributed by atoms with van der Waals surface area (Å²) in [6.07, 6.45) is -0.312. The topological polar surface area (TPSA) is 38.3 Å². The Labute approximate surface area is 54.4 Å². The van der Waals surface area contributed by atoms with Gasteiger partial charge in [-0.15, -0.1) is 0 Å². The van der Waals surface area contributed by atoms with Crippen molar-refractivity contribution < 1.29 is 9.53 Å². The minimum Gasteiger partial charge on any atom is -0.441 e. The van der Waals surface area contributed by atoms with Crippen LogP contribution in [0.5, 0.6) is 0 Å². The molecule has 9 heavy (non-hydrogen) atoms. The minimum atomic E-state index is -0.336. The Morgan fingerprint density at radius 1 is 1.67 bits per heavy atom. The van der Waals surface area contributed by atoms with Gasteiger partial charge < -0.3 is 10.1 Å². The van der Waals surface area contributed by atoms with E-state index in [0.717, 1.165) is 0 Å². The van der Waals surface area contributed by atoms with Crippen LogP contribution in [-0.4, -0.2) is 17.7 Å². The van der Waals surface area contributed by atoms with E-state index in [1.807, 2.05) is 20.8 Å². The Bertz CT molecular complexity index is 142. The van der Waals surface area contributed by atoms with Gasteiger partial charge in [0.15, 0.2) is 0 Å². The molecule has 1 fully saturated rings. The van der Waals surface area contributed by atoms with Crippen LogP contribution in [0, 0.1) is 0 Å². The molecule has 3 nitrogen and oxygen atoms in total. The molecule has 0 aliphatic carbocycles. The molecule has 0 radical (unpaired) electrons. The molecule has 1 atom stereocenters. The summed E-state index contributed by atoms with van der Waals surface area (Å²) in [4.78, 5) is 10.5. The van der Waals surface area contributed by atoms with Crippen LogP contribution in [0.3, 0.4) is 0 Å². The summed E-state index contributed by atoms with van der Waals surface area (Å²) in [6, 6.07) is 0.116. The third-order valence-corrected chi connectivity index (χ3v) is 1.73. The molecule has 0 spiro atoms. The first-order valence-electron chi connectivity index (χ1n) is 3.02. The largest absolute Gasteiger partial charge is 0.441 e. The van der Waals surface area contributed by atoms with Gasteiger partial charge in [-0.05, 0) is 20.8 Å². The van der Waals surface area contributed by atoms with Crippen LogP contribution in [0.1, 0.15) is 20.8 Å². The van der Waals surface area contributed by atoms with E-state index in [0.29, 0.717) is 0 Å². The predicted molar refractivity (Wildman–Crippen MR) is 33.2 cm³/mol. The number of hydrogen-bond donors (Lipinski definition) is 1. The maximum atomic E-state index is 10.5. The maximum Gasteiger partial charge on any atom is 0.408 e. The molecule has 1 heterocycles. The van der Waals surface area contributed by atoms with Gasteiger partial charge in [0.2, 0.25) is 0 Å².